The predicted octanol–water partition coefficient (Wildman–Crippen LogP) is 4.08. The number of ether oxygens (including phenoxy) is 1. The van der Waals surface area contributed by atoms with Crippen LogP contribution in [0.25, 0.3) is 10.8 Å². The van der Waals surface area contributed by atoms with Crippen LogP contribution in [-0.4, -0.2) is 17.6 Å². The van der Waals surface area contributed by atoms with E-state index in [9.17, 15) is 0 Å². The summed E-state index contributed by atoms with van der Waals surface area (Å²) in [7, 11) is 0. The maximum atomic E-state index is 5.82. The van der Waals surface area contributed by atoms with Gasteiger partial charge in [0.15, 0.2) is 0 Å². The SMILES string of the molecule is C=C(C)CCOc1ncc(CNC(C)C)c2ccccc12. The summed E-state index contributed by atoms with van der Waals surface area (Å²) in [4.78, 5) is 4.49. The molecule has 1 aromatic heterocycles. The smallest absolute Gasteiger partial charge is 0.221 e. The normalized spacial score (nSPS) is 11.0. The number of benzene rings is 1. The summed E-state index contributed by atoms with van der Waals surface area (Å²) in [6, 6.07) is 8.72. The van der Waals surface area contributed by atoms with Crippen LogP contribution in [0.15, 0.2) is 42.6 Å². The molecule has 3 heteroatoms. The Kier molecular flexibility index (Phi) is 5.34. The van der Waals surface area contributed by atoms with Crippen LogP contribution in [0.2, 0.25) is 0 Å². The summed E-state index contributed by atoms with van der Waals surface area (Å²) in [5.41, 5.74) is 2.32. The summed E-state index contributed by atoms with van der Waals surface area (Å²) in [5.74, 6) is 0.708. The molecule has 0 saturated carbocycles. The van der Waals surface area contributed by atoms with Gasteiger partial charge in [-0.1, -0.05) is 37.6 Å². The topological polar surface area (TPSA) is 34.1 Å². The van der Waals surface area contributed by atoms with Crippen LogP contribution in [0, 0.1) is 0 Å². The van der Waals surface area contributed by atoms with Crippen molar-refractivity contribution in [3.05, 3.63) is 48.2 Å². The van der Waals surface area contributed by atoms with Gasteiger partial charge in [-0.15, -0.1) is 6.58 Å². The quantitative estimate of drug-likeness (QED) is 0.778. The lowest BCUT2D eigenvalue weighted by Crippen LogP contribution is -2.22. The Morgan fingerprint density at radius 3 is 2.67 bits per heavy atom. The van der Waals surface area contributed by atoms with Gasteiger partial charge in [0.1, 0.15) is 0 Å². The Balaban J connectivity index is 2.24. The maximum Gasteiger partial charge on any atom is 0.221 e. The zero-order valence-corrected chi connectivity index (χ0v) is 13.1. The molecule has 21 heavy (non-hydrogen) atoms. The lowest BCUT2D eigenvalue weighted by Gasteiger charge is -2.13. The first-order valence-corrected chi connectivity index (χ1v) is 7.45. The summed E-state index contributed by atoms with van der Waals surface area (Å²) >= 11 is 0. The van der Waals surface area contributed by atoms with Crippen molar-refractivity contribution in [2.75, 3.05) is 6.61 Å². The fraction of sp³-hybridized carbons (Fsp3) is 0.389. The van der Waals surface area contributed by atoms with Crippen molar-refractivity contribution in [1.82, 2.24) is 10.3 Å². The minimum atomic E-state index is 0.454. The number of nitrogens with one attached hydrogen (secondary N) is 1. The Morgan fingerprint density at radius 2 is 2.00 bits per heavy atom. The fourth-order valence-corrected chi connectivity index (χ4v) is 2.12. The Hall–Kier alpha value is -1.87. The van der Waals surface area contributed by atoms with Gasteiger partial charge in [0.05, 0.1) is 6.61 Å². The van der Waals surface area contributed by atoms with E-state index in [1.807, 2.05) is 19.2 Å². The molecule has 0 aliphatic heterocycles. The number of hydrogen-bond donors (Lipinski definition) is 1. The molecule has 0 amide bonds. The average Bonchev–Trinajstić information content (AvgIpc) is 2.45. The molecule has 2 rings (SSSR count). The van der Waals surface area contributed by atoms with Crippen LogP contribution >= 0.6 is 0 Å². The summed E-state index contributed by atoms with van der Waals surface area (Å²) in [6.07, 6.45) is 2.76. The van der Waals surface area contributed by atoms with E-state index in [0.29, 0.717) is 18.5 Å². The van der Waals surface area contributed by atoms with Gasteiger partial charge in [0.2, 0.25) is 5.88 Å². The van der Waals surface area contributed by atoms with Crippen LogP contribution < -0.4 is 10.1 Å². The molecular weight excluding hydrogens is 260 g/mol. The van der Waals surface area contributed by atoms with E-state index in [2.05, 4.69) is 48.9 Å². The average molecular weight is 284 g/mol. The number of hydrogen-bond acceptors (Lipinski definition) is 3. The molecule has 1 aromatic carbocycles. The van der Waals surface area contributed by atoms with Gasteiger partial charge in [-0.3, -0.25) is 0 Å². The number of fused-ring (bicyclic) bond motifs is 1. The van der Waals surface area contributed by atoms with E-state index < -0.39 is 0 Å². The third kappa shape index (κ3) is 4.30. The van der Waals surface area contributed by atoms with Crippen molar-refractivity contribution in [2.24, 2.45) is 0 Å². The van der Waals surface area contributed by atoms with Crippen molar-refractivity contribution in [3.8, 4) is 5.88 Å². The molecule has 0 bridgehead atoms. The molecule has 0 aliphatic rings. The molecule has 0 fully saturated rings. The van der Waals surface area contributed by atoms with E-state index in [0.717, 1.165) is 23.9 Å². The molecule has 0 radical (unpaired) electrons. The minimum Gasteiger partial charge on any atom is -0.477 e. The van der Waals surface area contributed by atoms with Crippen molar-refractivity contribution >= 4 is 10.8 Å². The molecule has 2 aromatic rings. The number of rotatable bonds is 7. The van der Waals surface area contributed by atoms with Gasteiger partial charge >= 0.3 is 0 Å². The third-order valence-electron chi connectivity index (χ3n) is 3.31. The van der Waals surface area contributed by atoms with Gasteiger partial charge in [0, 0.05) is 30.6 Å². The van der Waals surface area contributed by atoms with E-state index in [1.165, 1.54) is 10.9 Å². The van der Waals surface area contributed by atoms with Crippen LogP contribution in [0.1, 0.15) is 32.8 Å². The maximum absolute atomic E-state index is 5.82. The third-order valence-corrected chi connectivity index (χ3v) is 3.31. The van der Waals surface area contributed by atoms with Crippen molar-refractivity contribution in [3.63, 3.8) is 0 Å². The van der Waals surface area contributed by atoms with Crippen LogP contribution in [0.5, 0.6) is 5.88 Å². The van der Waals surface area contributed by atoms with Crippen molar-refractivity contribution < 1.29 is 4.74 Å². The van der Waals surface area contributed by atoms with Crippen LogP contribution in [-0.2, 0) is 6.54 Å². The van der Waals surface area contributed by atoms with Gasteiger partial charge in [0.25, 0.3) is 0 Å². The highest BCUT2D eigenvalue weighted by molar-refractivity contribution is 5.89. The van der Waals surface area contributed by atoms with Gasteiger partial charge in [-0.25, -0.2) is 4.98 Å². The first-order valence-electron chi connectivity index (χ1n) is 7.45. The van der Waals surface area contributed by atoms with Crippen molar-refractivity contribution in [2.45, 2.75) is 39.8 Å². The Bertz CT molecular complexity index is 620. The lowest BCUT2D eigenvalue weighted by atomic mass is 10.1. The van der Waals surface area contributed by atoms with E-state index >= 15 is 0 Å². The molecule has 0 spiro atoms. The van der Waals surface area contributed by atoms with Gasteiger partial charge < -0.3 is 10.1 Å². The van der Waals surface area contributed by atoms with E-state index in [4.69, 9.17) is 4.74 Å². The molecule has 1 N–H and O–H groups in total. The Labute approximate surface area is 127 Å². The largest absolute Gasteiger partial charge is 0.477 e. The highest BCUT2D eigenvalue weighted by atomic mass is 16.5. The second-order valence-electron chi connectivity index (χ2n) is 5.73. The number of aromatic nitrogens is 1. The lowest BCUT2D eigenvalue weighted by molar-refractivity contribution is 0.313. The predicted molar refractivity (Wildman–Crippen MR) is 88.6 cm³/mol. The molecule has 0 unspecified atom stereocenters. The van der Waals surface area contributed by atoms with E-state index in [1.54, 1.807) is 0 Å². The zero-order valence-electron chi connectivity index (χ0n) is 13.1. The molecule has 0 aliphatic carbocycles. The highest BCUT2D eigenvalue weighted by Crippen LogP contribution is 2.26. The second kappa shape index (κ2) is 7.23. The number of nitrogens with zero attached hydrogens (tertiary/aromatic N) is 1. The molecule has 112 valence electrons. The first-order chi connectivity index (χ1) is 10.1. The first kappa shape index (κ1) is 15.5. The number of pyridine rings is 1. The minimum absolute atomic E-state index is 0.454. The molecule has 0 saturated heterocycles. The van der Waals surface area contributed by atoms with Crippen LogP contribution in [0.3, 0.4) is 0 Å². The molecule has 0 atom stereocenters. The summed E-state index contributed by atoms with van der Waals surface area (Å²) in [6.45, 7) is 11.6. The summed E-state index contributed by atoms with van der Waals surface area (Å²) < 4.78 is 5.82. The zero-order chi connectivity index (χ0) is 15.2. The fourth-order valence-electron chi connectivity index (χ4n) is 2.12. The second-order valence-corrected chi connectivity index (χ2v) is 5.73. The van der Waals surface area contributed by atoms with Crippen molar-refractivity contribution in [1.29, 1.82) is 0 Å². The monoisotopic (exact) mass is 284 g/mol. The molecular formula is C18H24N2O. The van der Waals surface area contributed by atoms with Crippen LogP contribution in [0.4, 0.5) is 0 Å². The Morgan fingerprint density at radius 1 is 1.29 bits per heavy atom. The summed E-state index contributed by atoms with van der Waals surface area (Å²) in [5, 5.41) is 5.71. The van der Waals surface area contributed by atoms with E-state index in [-0.39, 0.29) is 0 Å². The van der Waals surface area contributed by atoms with Gasteiger partial charge in [-0.2, -0.15) is 0 Å². The molecule has 3 nitrogen and oxygen atoms in total. The standard InChI is InChI=1S/C18H24N2O/c1-13(2)9-10-21-18-17-8-6-5-7-16(17)15(12-20-18)11-19-14(3)4/h5-8,12,14,19H,1,9-11H2,2-4H3. The highest BCUT2D eigenvalue weighted by Gasteiger charge is 2.08. The molecule has 1 heterocycles. The van der Waals surface area contributed by atoms with Gasteiger partial charge in [-0.05, 0) is 23.9 Å².